The van der Waals surface area contributed by atoms with Gasteiger partial charge in [0.15, 0.2) is 0 Å². The van der Waals surface area contributed by atoms with E-state index in [2.05, 4.69) is 12.2 Å². The second-order valence-electron chi connectivity index (χ2n) is 3.96. The van der Waals surface area contributed by atoms with Gasteiger partial charge in [-0.3, -0.25) is 4.79 Å². The van der Waals surface area contributed by atoms with Gasteiger partial charge in [-0.15, -0.1) is 11.8 Å². The first-order valence-corrected chi connectivity index (χ1v) is 7.91. The largest absolute Gasteiger partial charge is 0.466 e. The van der Waals surface area contributed by atoms with Crippen LogP contribution in [0.3, 0.4) is 0 Å². The quantitative estimate of drug-likeness (QED) is 0.843. The molecule has 1 aliphatic rings. The number of nitrogens with zero attached hydrogens (tertiary/aromatic N) is 1. The monoisotopic (exact) mass is 294 g/mol. The summed E-state index contributed by atoms with van der Waals surface area (Å²) >= 11 is 3.05. The normalized spacial score (nSPS) is 19.2. The molecule has 2 rings (SSSR count). The van der Waals surface area contributed by atoms with Gasteiger partial charge in [-0.25, -0.2) is 0 Å². The van der Waals surface area contributed by atoms with Crippen molar-refractivity contribution in [1.82, 2.24) is 5.32 Å². The molecule has 1 amide bonds. The van der Waals surface area contributed by atoms with Gasteiger partial charge in [0.25, 0.3) is 5.91 Å². The summed E-state index contributed by atoms with van der Waals surface area (Å²) in [7, 11) is 0. The molecule has 0 fully saturated rings. The van der Waals surface area contributed by atoms with E-state index in [0.717, 1.165) is 22.8 Å². The van der Waals surface area contributed by atoms with Crippen molar-refractivity contribution in [1.29, 1.82) is 5.26 Å². The molecule has 0 radical (unpaired) electrons. The Balaban J connectivity index is 2.15. The van der Waals surface area contributed by atoms with E-state index in [1.54, 1.807) is 24.1 Å². The van der Waals surface area contributed by atoms with Crippen molar-refractivity contribution in [2.45, 2.75) is 25.1 Å². The lowest BCUT2D eigenvalue weighted by atomic mass is 10.3. The Morgan fingerprint density at radius 3 is 3.11 bits per heavy atom. The lowest BCUT2D eigenvalue weighted by Crippen LogP contribution is -2.31. The minimum absolute atomic E-state index is 0.217. The minimum atomic E-state index is -0.318. The summed E-state index contributed by atoms with van der Waals surface area (Å²) in [6.45, 7) is 2.12. The van der Waals surface area contributed by atoms with Gasteiger partial charge in [-0.05, 0) is 24.3 Å². The van der Waals surface area contributed by atoms with Gasteiger partial charge >= 0.3 is 0 Å². The molecule has 0 saturated carbocycles. The van der Waals surface area contributed by atoms with Crippen molar-refractivity contribution in [3.05, 3.63) is 34.0 Å². The summed E-state index contributed by atoms with van der Waals surface area (Å²) in [5.74, 6) is 1.30. The summed E-state index contributed by atoms with van der Waals surface area (Å²) in [4.78, 5) is 11.9. The summed E-state index contributed by atoms with van der Waals surface area (Å²) in [5.41, 5.74) is 0.217. The number of rotatable bonds is 5. The highest BCUT2D eigenvalue weighted by Crippen LogP contribution is 2.43. The van der Waals surface area contributed by atoms with Crippen molar-refractivity contribution in [2.75, 3.05) is 5.75 Å². The van der Waals surface area contributed by atoms with E-state index in [1.807, 2.05) is 12.1 Å². The van der Waals surface area contributed by atoms with E-state index in [4.69, 9.17) is 9.68 Å². The van der Waals surface area contributed by atoms with Crippen LogP contribution in [0.5, 0.6) is 0 Å². The number of amides is 1. The van der Waals surface area contributed by atoms with Crippen LogP contribution in [0.2, 0.25) is 0 Å². The number of carbonyl (C=O) groups excluding carboxylic acids is 1. The Morgan fingerprint density at radius 2 is 2.47 bits per heavy atom. The molecule has 1 aromatic heterocycles. The van der Waals surface area contributed by atoms with E-state index >= 15 is 0 Å². The Kier molecular flexibility index (Phi) is 5.00. The smallest absolute Gasteiger partial charge is 0.264 e. The summed E-state index contributed by atoms with van der Waals surface area (Å²) in [5, 5.41) is 11.6. The molecule has 1 aliphatic heterocycles. The Labute approximate surface area is 120 Å². The first kappa shape index (κ1) is 14.1. The minimum Gasteiger partial charge on any atom is -0.466 e. The van der Waals surface area contributed by atoms with E-state index in [9.17, 15) is 4.79 Å². The van der Waals surface area contributed by atoms with Crippen LogP contribution in [-0.2, 0) is 4.79 Å². The third-order valence-electron chi connectivity index (χ3n) is 2.56. The van der Waals surface area contributed by atoms with Crippen LogP contribution in [0.1, 0.15) is 30.9 Å². The van der Waals surface area contributed by atoms with Crippen LogP contribution in [-0.4, -0.2) is 11.7 Å². The summed E-state index contributed by atoms with van der Waals surface area (Å²) < 4.78 is 6.11. The highest BCUT2D eigenvalue weighted by molar-refractivity contribution is 8.22. The van der Waals surface area contributed by atoms with Gasteiger partial charge in [0, 0.05) is 0 Å². The van der Waals surface area contributed by atoms with Gasteiger partial charge in [0.2, 0.25) is 0 Å². The third kappa shape index (κ3) is 3.37. The Bertz CT molecular complexity index is 517. The van der Waals surface area contributed by atoms with Gasteiger partial charge in [0.1, 0.15) is 22.8 Å². The first-order chi connectivity index (χ1) is 9.26. The maximum atomic E-state index is 11.9. The molecule has 0 saturated heterocycles. The van der Waals surface area contributed by atoms with Crippen molar-refractivity contribution in [3.8, 4) is 6.07 Å². The number of furan rings is 1. The summed E-state index contributed by atoms with van der Waals surface area (Å²) in [6.07, 6.45) is 3.75. The molecule has 1 N–H and O–H groups in total. The van der Waals surface area contributed by atoms with Crippen molar-refractivity contribution in [2.24, 2.45) is 0 Å². The van der Waals surface area contributed by atoms with Gasteiger partial charge in [0.05, 0.1) is 10.5 Å². The van der Waals surface area contributed by atoms with E-state index < -0.39 is 0 Å². The maximum Gasteiger partial charge on any atom is 0.264 e. The predicted octanol–water partition coefficient (Wildman–Crippen LogP) is 3.41. The molecule has 0 aromatic carbocycles. The average molecular weight is 294 g/mol. The van der Waals surface area contributed by atoms with Crippen molar-refractivity contribution >= 4 is 29.4 Å². The van der Waals surface area contributed by atoms with Crippen LogP contribution >= 0.6 is 23.5 Å². The van der Waals surface area contributed by atoms with Gasteiger partial charge in [-0.1, -0.05) is 25.1 Å². The zero-order valence-corrected chi connectivity index (χ0v) is 12.1. The van der Waals surface area contributed by atoms with Gasteiger partial charge < -0.3 is 9.73 Å². The molecule has 6 heteroatoms. The summed E-state index contributed by atoms with van der Waals surface area (Å²) in [6, 6.07) is 5.60. The van der Waals surface area contributed by atoms with Crippen LogP contribution in [0.4, 0.5) is 0 Å². The fourth-order valence-electron chi connectivity index (χ4n) is 1.56. The molecule has 0 bridgehead atoms. The van der Waals surface area contributed by atoms with Crippen molar-refractivity contribution < 1.29 is 9.21 Å². The number of hydrogen-bond acceptors (Lipinski definition) is 5. The Hall–Kier alpha value is -1.32. The van der Waals surface area contributed by atoms with Crippen molar-refractivity contribution in [3.63, 3.8) is 0 Å². The van der Waals surface area contributed by atoms with Crippen LogP contribution in [0.25, 0.3) is 0 Å². The lowest BCUT2D eigenvalue weighted by molar-refractivity contribution is -0.117. The lowest BCUT2D eigenvalue weighted by Gasteiger charge is -2.23. The third-order valence-corrected chi connectivity index (χ3v) is 5.17. The molecule has 2 heterocycles. The van der Waals surface area contributed by atoms with Crippen LogP contribution in [0, 0.1) is 11.3 Å². The molecular formula is C13H14N2O2S2. The number of nitriles is 1. The van der Waals surface area contributed by atoms with E-state index in [0.29, 0.717) is 5.76 Å². The standard InChI is InChI=1S/C13H14N2O2S2/c1-2-3-7-18-13-9(8-14)11(16)15-12(19-13)10-5-4-6-17-10/h4-6,12H,2-3,7H2,1H3,(H,15,16). The second kappa shape index (κ2) is 6.73. The first-order valence-electron chi connectivity index (χ1n) is 6.04. The van der Waals surface area contributed by atoms with Crippen LogP contribution in [0.15, 0.2) is 32.6 Å². The molecule has 4 nitrogen and oxygen atoms in total. The number of hydrogen-bond donors (Lipinski definition) is 1. The average Bonchev–Trinajstić information content (AvgIpc) is 2.92. The number of nitrogens with one attached hydrogen (secondary N) is 1. The molecule has 1 atom stereocenters. The van der Waals surface area contributed by atoms with E-state index in [1.165, 1.54) is 11.8 Å². The Morgan fingerprint density at radius 1 is 1.63 bits per heavy atom. The predicted molar refractivity (Wildman–Crippen MR) is 77.2 cm³/mol. The molecular weight excluding hydrogens is 280 g/mol. The van der Waals surface area contributed by atoms with E-state index in [-0.39, 0.29) is 16.9 Å². The second-order valence-corrected chi connectivity index (χ2v) is 6.44. The fourth-order valence-corrected chi connectivity index (χ4v) is 4.16. The number of thioether (sulfide) groups is 2. The topological polar surface area (TPSA) is 66.0 Å². The number of unbranched alkanes of at least 4 members (excludes halogenated alkanes) is 1. The van der Waals surface area contributed by atoms with Gasteiger partial charge in [-0.2, -0.15) is 5.26 Å². The molecule has 19 heavy (non-hydrogen) atoms. The maximum absolute atomic E-state index is 11.9. The highest BCUT2D eigenvalue weighted by atomic mass is 32.2. The number of carbonyl (C=O) groups is 1. The zero-order valence-electron chi connectivity index (χ0n) is 10.5. The zero-order chi connectivity index (χ0) is 13.7. The van der Waals surface area contributed by atoms with Crippen LogP contribution < -0.4 is 5.32 Å². The molecule has 1 unspecified atom stereocenters. The highest BCUT2D eigenvalue weighted by Gasteiger charge is 2.30. The molecule has 0 aliphatic carbocycles. The SMILES string of the molecule is CCCCSC1=C(C#N)C(=O)NC(c2ccco2)S1. The molecule has 1 aromatic rings. The fraction of sp³-hybridized carbons (Fsp3) is 0.385. The molecule has 0 spiro atoms. The molecule has 100 valence electrons.